The van der Waals surface area contributed by atoms with Crippen LogP contribution >= 0.6 is 11.3 Å². The first-order chi connectivity index (χ1) is 16.5. The van der Waals surface area contributed by atoms with Gasteiger partial charge in [-0.3, -0.25) is 13.9 Å². The highest BCUT2D eigenvalue weighted by Gasteiger charge is 2.16. The summed E-state index contributed by atoms with van der Waals surface area (Å²) < 4.78 is 7.98. The summed E-state index contributed by atoms with van der Waals surface area (Å²) in [5, 5.41) is 18.9. The molecule has 0 atom stereocenters. The predicted molar refractivity (Wildman–Crippen MR) is 131 cm³/mol. The van der Waals surface area contributed by atoms with E-state index in [9.17, 15) is 19.6 Å². The van der Waals surface area contributed by atoms with Gasteiger partial charge in [-0.2, -0.15) is 5.26 Å². The van der Waals surface area contributed by atoms with Crippen molar-refractivity contribution in [2.24, 2.45) is 20.0 Å². The molecule has 0 fully saturated rings. The van der Waals surface area contributed by atoms with Crippen molar-refractivity contribution in [1.82, 2.24) is 24.1 Å². The summed E-state index contributed by atoms with van der Waals surface area (Å²) in [5.74, 6) is -0.0868. The van der Waals surface area contributed by atoms with E-state index in [1.54, 1.807) is 32.2 Å². The fourth-order valence-corrected chi connectivity index (χ4v) is 4.02. The van der Waals surface area contributed by atoms with Gasteiger partial charge >= 0.3 is 11.7 Å². The Balaban J connectivity index is 0.000000223. The molecule has 0 unspecified atom stereocenters. The number of aryl methyl sites for hydroxylation is 2. The molecule has 12 heteroatoms. The summed E-state index contributed by atoms with van der Waals surface area (Å²) >= 11 is 1.10. The summed E-state index contributed by atoms with van der Waals surface area (Å²) in [6, 6.07) is 7.31. The lowest BCUT2D eigenvalue weighted by Gasteiger charge is -2.10. The van der Waals surface area contributed by atoms with E-state index in [-0.39, 0.29) is 16.1 Å². The van der Waals surface area contributed by atoms with Gasteiger partial charge in [0.05, 0.1) is 24.2 Å². The van der Waals surface area contributed by atoms with Crippen LogP contribution in [-0.2, 0) is 14.1 Å². The molecule has 0 bridgehead atoms. The Morgan fingerprint density at radius 2 is 2.00 bits per heavy atom. The summed E-state index contributed by atoms with van der Waals surface area (Å²) in [6.45, 7) is 6.26. The van der Waals surface area contributed by atoms with Crippen LogP contribution < -0.4 is 16.0 Å². The molecule has 35 heavy (non-hydrogen) atoms. The van der Waals surface area contributed by atoms with Crippen molar-refractivity contribution in [3.8, 4) is 22.4 Å². The third kappa shape index (κ3) is 5.30. The van der Waals surface area contributed by atoms with Gasteiger partial charge < -0.3 is 14.8 Å². The van der Waals surface area contributed by atoms with Gasteiger partial charge in [-0.15, -0.1) is 11.3 Å². The van der Waals surface area contributed by atoms with E-state index in [2.05, 4.69) is 21.0 Å². The van der Waals surface area contributed by atoms with Gasteiger partial charge in [-0.05, 0) is 31.0 Å². The number of thiazole rings is 1. The number of hydrogen-bond donors (Lipinski definition) is 2. The molecular weight excluding hydrogens is 472 g/mol. The Labute approximate surface area is 203 Å². The lowest BCUT2D eigenvalue weighted by Crippen LogP contribution is -2.36. The topological polar surface area (TPSA) is 156 Å². The number of rotatable bonds is 5. The normalized spacial score (nSPS) is 10.7. The number of aromatic carboxylic acids is 1. The zero-order valence-corrected chi connectivity index (χ0v) is 20.6. The Morgan fingerprint density at radius 1 is 1.29 bits per heavy atom. The molecule has 3 heterocycles. The van der Waals surface area contributed by atoms with Crippen molar-refractivity contribution >= 4 is 28.5 Å². The van der Waals surface area contributed by atoms with Crippen molar-refractivity contribution in [2.75, 3.05) is 6.61 Å². The molecule has 0 spiro atoms. The number of carbonyl (C=O) groups is 1. The zero-order chi connectivity index (χ0) is 25.9. The molecular formula is C23H24N6O5S. The van der Waals surface area contributed by atoms with Crippen molar-refractivity contribution in [2.45, 2.75) is 20.8 Å². The molecule has 0 aliphatic carbocycles. The minimum Gasteiger partial charge on any atom is -0.492 e. The summed E-state index contributed by atoms with van der Waals surface area (Å²) in [5.41, 5.74) is 1.63. The molecule has 4 rings (SSSR count). The van der Waals surface area contributed by atoms with Crippen LogP contribution in [0.5, 0.6) is 5.75 Å². The van der Waals surface area contributed by atoms with Crippen LogP contribution in [-0.4, -0.2) is 41.8 Å². The number of hydrogen-bond acceptors (Lipinski definition) is 8. The van der Waals surface area contributed by atoms with Crippen LogP contribution in [0.4, 0.5) is 0 Å². The second kappa shape index (κ2) is 10.4. The van der Waals surface area contributed by atoms with Crippen LogP contribution in [0.3, 0.4) is 0 Å². The maximum absolute atomic E-state index is 11.4. The van der Waals surface area contributed by atoms with Crippen molar-refractivity contribution in [3.63, 3.8) is 0 Å². The number of nitriles is 1. The number of aromatic amines is 1. The molecule has 182 valence electrons. The molecule has 1 aromatic carbocycles. The minimum absolute atomic E-state index is 0.216. The third-order valence-electron chi connectivity index (χ3n) is 4.94. The highest BCUT2D eigenvalue weighted by atomic mass is 32.1. The molecule has 2 N–H and O–H groups in total. The van der Waals surface area contributed by atoms with E-state index in [1.807, 2.05) is 13.8 Å². The Morgan fingerprint density at radius 3 is 2.60 bits per heavy atom. The zero-order valence-electron chi connectivity index (χ0n) is 19.8. The van der Waals surface area contributed by atoms with Gasteiger partial charge in [-0.1, -0.05) is 13.8 Å². The van der Waals surface area contributed by atoms with E-state index in [1.165, 1.54) is 17.9 Å². The lowest BCUT2D eigenvalue weighted by molar-refractivity contribution is 0.0701. The number of carboxylic acid groups (broad SMARTS) is 1. The summed E-state index contributed by atoms with van der Waals surface area (Å²) in [4.78, 5) is 45.0. The van der Waals surface area contributed by atoms with Crippen molar-refractivity contribution < 1.29 is 14.6 Å². The van der Waals surface area contributed by atoms with Gasteiger partial charge in [0.2, 0.25) is 0 Å². The van der Waals surface area contributed by atoms with Gasteiger partial charge in [0.25, 0.3) is 5.56 Å². The van der Waals surface area contributed by atoms with Crippen LogP contribution in [0, 0.1) is 24.2 Å². The van der Waals surface area contributed by atoms with Gasteiger partial charge in [-0.25, -0.2) is 19.6 Å². The highest BCUT2D eigenvalue weighted by Crippen LogP contribution is 2.31. The van der Waals surface area contributed by atoms with Gasteiger partial charge in [0.1, 0.15) is 27.2 Å². The molecule has 3 aromatic heterocycles. The van der Waals surface area contributed by atoms with Crippen LogP contribution in [0.2, 0.25) is 0 Å². The number of imidazole rings is 1. The maximum Gasteiger partial charge on any atom is 0.347 e. The molecule has 0 amide bonds. The Bertz CT molecular complexity index is 1550. The third-order valence-corrected chi connectivity index (χ3v) is 6.13. The molecule has 0 aliphatic rings. The van der Waals surface area contributed by atoms with E-state index in [0.717, 1.165) is 15.9 Å². The number of nitrogens with zero attached hydrogens (tertiary/aromatic N) is 5. The molecule has 11 nitrogen and oxygen atoms in total. The van der Waals surface area contributed by atoms with Crippen molar-refractivity contribution in [3.05, 3.63) is 61.5 Å². The molecule has 0 aliphatic heterocycles. The predicted octanol–water partition coefficient (Wildman–Crippen LogP) is 2.68. The first-order valence-electron chi connectivity index (χ1n) is 10.5. The largest absolute Gasteiger partial charge is 0.492 e. The van der Waals surface area contributed by atoms with Crippen LogP contribution in [0.15, 0.2) is 34.1 Å². The van der Waals surface area contributed by atoms with E-state index in [4.69, 9.17) is 9.84 Å². The van der Waals surface area contributed by atoms with Crippen molar-refractivity contribution in [1.29, 1.82) is 5.26 Å². The first-order valence-corrected chi connectivity index (χ1v) is 11.3. The fraction of sp³-hybridized carbons (Fsp3) is 0.304. The monoisotopic (exact) mass is 496 g/mol. The summed E-state index contributed by atoms with van der Waals surface area (Å²) in [6.07, 6.45) is 1.39. The number of benzene rings is 1. The molecule has 0 saturated heterocycles. The number of aromatic nitrogens is 5. The molecule has 0 radical (unpaired) electrons. The minimum atomic E-state index is -0.987. The average molecular weight is 497 g/mol. The lowest BCUT2D eigenvalue weighted by atomic mass is 10.1. The number of nitrogens with one attached hydrogen (secondary N) is 1. The Kier molecular flexibility index (Phi) is 7.51. The standard InChI is InChI=1S/C16H16N2O3S.C7H8N4O2/c1-9(2)8-21-13-5-4-11(6-12(13)7-17)15-18-10(3)14(22-15)16(19)20;1-10-5-4(8-3-9-5)6(12)11(2)7(10)13/h4-6,9H,8H2,1-3H3,(H,19,20);3H,1-2H3,(H,8,9). The van der Waals surface area contributed by atoms with E-state index < -0.39 is 5.97 Å². The van der Waals surface area contributed by atoms with Crippen LogP contribution in [0.1, 0.15) is 34.8 Å². The first kappa shape index (κ1) is 25.4. The van der Waals surface area contributed by atoms with E-state index in [0.29, 0.717) is 51.3 Å². The van der Waals surface area contributed by atoms with Crippen LogP contribution in [0.25, 0.3) is 21.7 Å². The van der Waals surface area contributed by atoms with E-state index >= 15 is 0 Å². The Hall–Kier alpha value is -4.24. The second-order valence-electron chi connectivity index (χ2n) is 8.07. The molecule has 4 aromatic rings. The summed E-state index contributed by atoms with van der Waals surface area (Å²) in [7, 11) is 3.01. The number of fused-ring (bicyclic) bond motifs is 1. The quantitative estimate of drug-likeness (QED) is 0.427. The highest BCUT2D eigenvalue weighted by molar-refractivity contribution is 7.17. The van der Waals surface area contributed by atoms with Gasteiger partial charge in [0, 0.05) is 19.7 Å². The SMILES string of the molecule is Cc1nc(-c2ccc(OCC(C)C)c(C#N)c2)sc1C(=O)O.Cn1c(=O)c2[nH]cnc2n(C)c1=O. The fourth-order valence-electron chi connectivity index (χ4n) is 3.12. The second-order valence-corrected chi connectivity index (χ2v) is 9.07. The van der Waals surface area contributed by atoms with Gasteiger partial charge in [0.15, 0.2) is 5.65 Å². The molecule has 0 saturated carbocycles. The number of ether oxygens (including phenoxy) is 1. The number of carboxylic acids is 1. The number of H-pyrrole nitrogens is 1. The smallest absolute Gasteiger partial charge is 0.347 e. The average Bonchev–Trinajstić information content (AvgIpc) is 3.47. The maximum atomic E-state index is 11.4.